The van der Waals surface area contributed by atoms with Gasteiger partial charge in [-0.25, -0.2) is 0 Å². The van der Waals surface area contributed by atoms with Gasteiger partial charge in [-0.3, -0.25) is 4.79 Å². The molecule has 0 amide bonds. The van der Waals surface area contributed by atoms with Crippen molar-refractivity contribution in [1.29, 1.82) is 0 Å². The van der Waals surface area contributed by atoms with Gasteiger partial charge in [0.15, 0.2) is 0 Å². The summed E-state index contributed by atoms with van der Waals surface area (Å²) in [7, 11) is 0. The van der Waals surface area contributed by atoms with Gasteiger partial charge >= 0.3 is 5.97 Å². The first-order chi connectivity index (χ1) is 8.92. The first kappa shape index (κ1) is 15.0. The van der Waals surface area contributed by atoms with E-state index in [1.54, 1.807) is 11.3 Å². The van der Waals surface area contributed by atoms with Gasteiger partial charge in [0.25, 0.3) is 0 Å². The Morgan fingerprint density at radius 1 is 1.53 bits per heavy atom. The first-order valence-corrected chi connectivity index (χ1v) is 8.18. The van der Waals surface area contributed by atoms with E-state index in [0.29, 0.717) is 6.42 Å². The second kappa shape index (κ2) is 5.94. The van der Waals surface area contributed by atoms with Crippen molar-refractivity contribution in [3.05, 3.63) is 20.3 Å². The maximum atomic E-state index is 11.1. The van der Waals surface area contributed by atoms with E-state index in [2.05, 4.69) is 15.9 Å². The standard InChI is InChI=1S/C14H19BrO3S/c1-9-10(15)6-12(19-9)11(16)7-14(8-13(17)18)4-2-3-5-14/h6,11,16H,2-5,7-8H2,1H3,(H,17,18). The van der Waals surface area contributed by atoms with Gasteiger partial charge in [-0.05, 0) is 53.6 Å². The number of aliphatic carboxylic acids is 1. The zero-order valence-electron chi connectivity index (χ0n) is 11.0. The topological polar surface area (TPSA) is 57.5 Å². The van der Waals surface area contributed by atoms with Crippen LogP contribution in [0.1, 0.15) is 54.4 Å². The lowest BCUT2D eigenvalue weighted by atomic mass is 9.77. The molecule has 1 unspecified atom stereocenters. The third-order valence-corrected chi connectivity index (χ3v) is 6.26. The van der Waals surface area contributed by atoms with E-state index < -0.39 is 12.1 Å². The van der Waals surface area contributed by atoms with Gasteiger partial charge in [-0.2, -0.15) is 0 Å². The molecular formula is C14H19BrO3S. The summed E-state index contributed by atoms with van der Waals surface area (Å²) in [5.74, 6) is -0.752. The van der Waals surface area contributed by atoms with Gasteiger partial charge in [0.1, 0.15) is 0 Å². The first-order valence-electron chi connectivity index (χ1n) is 6.58. The number of rotatable bonds is 5. The summed E-state index contributed by atoms with van der Waals surface area (Å²) in [5, 5.41) is 19.5. The molecule has 1 fully saturated rings. The number of hydrogen-bond acceptors (Lipinski definition) is 3. The van der Waals surface area contributed by atoms with Gasteiger partial charge in [0.05, 0.1) is 12.5 Å². The number of hydrogen-bond donors (Lipinski definition) is 2. The largest absolute Gasteiger partial charge is 0.481 e. The Bertz CT molecular complexity index is 444. The van der Waals surface area contributed by atoms with Gasteiger partial charge in [-0.15, -0.1) is 11.3 Å². The Hall–Kier alpha value is -0.390. The molecule has 106 valence electrons. The van der Waals surface area contributed by atoms with Crippen LogP contribution < -0.4 is 0 Å². The highest BCUT2D eigenvalue weighted by atomic mass is 79.9. The molecule has 1 saturated carbocycles. The third-order valence-electron chi connectivity index (χ3n) is 4.02. The lowest BCUT2D eigenvalue weighted by Crippen LogP contribution is -2.23. The maximum Gasteiger partial charge on any atom is 0.303 e. The van der Waals surface area contributed by atoms with Crippen molar-refractivity contribution in [3.63, 3.8) is 0 Å². The predicted molar refractivity (Wildman–Crippen MR) is 79.5 cm³/mol. The Morgan fingerprint density at radius 3 is 2.63 bits per heavy atom. The lowest BCUT2D eigenvalue weighted by molar-refractivity contribution is -0.140. The van der Waals surface area contributed by atoms with Crippen LogP contribution in [-0.2, 0) is 4.79 Å². The van der Waals surface area contributed by atoms with Gasteiger partial charge in [-0.1, -0.05) is 12.8 Å². The fraction of sp³-hybridized carbons (Fsp3) is 0.643. The minimum absolute atomic E-state index is 0.176. The predicted octanol–water partition coefficient (Wildman–Crippen LogP) is 4.28. The smallest absolute Gasteiger partial charge is 0.303 e. The second-order valence-corrected chi connectivity index (χ2v) is 7.69. The van der Waals surface area contributed by atoms with E-state index in [0.717, 1.165) is 39.9 Å². The number of carboxylic acids is 1. The molecule has 0 aliphatic heterocycles. The number of aryl methyl sites for hydroxylation is 1. The van der Waals surface area contributed by atoms with Crippen molar-refractivity contribution < 1.29 is 15.0 Å². The molecule has 3 nitrogen and oxygen atoms in total. The van der Waals surface area contributed by atoms with E-state index in [4.69, 9.17) is 5.11 Å². The SMILES string of the molecule is Cc1sc(C(O)CC2(CC(=O)O)CCCC2)cc1Br. The van der Waals surface area contributed by atoms with Gasteiger partial charge in [0.2, 0.25) is 0 Å². The molecule has 0 spiro atoms. The average molecular weight is 347 g/mol. The number of carboxylic acid groups (broad SMARTS) is 1. The maximum absolute atomic E-state index is 11.1. The third kappa shape index (κ3) is 3.58. The summed E-state index contributed by atoms with van der Waals surface area (Å²) in [6, 6.07) is 1.95. The highest BCUT2D eigenvalue weighted by Crippen LogP contribution is 2.48. The average Bonchev–Trinajstić information content (AvgIpc) is 2.87. The molecule has 1 aromatic rings. The van der Waals surface area contributed by atoms with Crippen LogP contribution in [-0.4, -0.2) is 16.2 Å². The quantitative estimate of drug-likeness (QED) is 0.836. The molecule has 1 aromatic heterocycles. The molecule has 5 heteroatoms. The van der Waals surface area contributed by atoms with Crippen LogP contribution >= 0.6 is 27.3 Å². The highest BCUT2D eigenvalue weighted by molar-refractivity contribution is 9.10. The minimum atomic E-state index is -0.752. The van der Waals surface area contributed by atoms with Crippen molar-refractivity contribution in [1.82, 2.24) is 0 Å². The van der Waals surface area contributed by atoms with Crippen LogP contribution in [0.4, 0.5) is 0 Å². The summed E-state index contributed by atoms with van der Waals surface area (Å²) in [4.78, 5) is 13.1. The van der Waals surface area contributed by atoms with Crippen molar-refractivity contribution in [2.45, 2.75) is 51.6 Å². The molecule has 0 bridgehead atoms. The van der Waals surface area contributed by atoms with Crippen LogP contribution in [0.25, 0.3) is 0 Å². The highest BCUT2D eigenvalue weighted by Gasteiger charge is 2.38. The molecular weight excluding hydrogens is 328 g/mol. The molecule has 0 radical (unpaired) electrons. The zero-order chi connectivity index (χ0) is 14.0. The second-order valence-electron chi connectivity index (χ2n) is 5.55. The van der Waals surface area contributed by atoms with Crippen molar-refractivity contribution in [2.75, 3.05) is 0 Å². The molecule has 0 saturated heterocycles. The van der Waals surface area contributed by atoms with Crippen molar-refractivity contribution >= 4 is 33.2 Å². The Morgan fingerprint density at radius 2 is 2.16 bits per heavy atom. The van der Waals surface area contributed by atoms with E-state index in [9.17, 15) is 9.90 Å². The summed E-state index contributed by atoms with van der Waals surface area (Å²) < 4.78 is 1.02. The fourth-order valence-electron chi connectivity index (χ4n) is 3.06. The van der Waals surface area contributed by atoms with Gasteiger partial charge in [0, 0.05) is 14.2 Å². The monoisotopic (exact) mass is 346 g/mol. The normalized spacial score (nSPS) is 19.5. The minimum Gasteiger partial charge on any atom is -0.481 e. The number of halogens is 1. The van der Waals surface area contributed by atoms with E-state index in [1.165, 1.54) is 0 Å². The van der Waals surface area contributed by atoms with Crippen LogP contribution in [0.5, 0.6) is 0 Å². The van der Waals surface area contributed by atoms with E-state index >= 15 is 0 Å². The Kier molecular flexibility index (Phi) is 4.69. The number of aliphatic hydroxyl groups excluding tert-OH is 1. The summed E-state index contributed by atoms with van der Waals surface area (Å²) in [5.41, 5.74) is -0.213. The molecule has 1 aliphatic carbocycles. The van der Waals surface area contributed by atoms with E-state index in [1.807, 2.05) is 13.0 Å². The summed E-state index contributed by atoms with van der Waals surface area (Å²) in [6.07, 6.45) is 4.18. The number of aliphatic hydroxyl groups is 1. The number of carbonyl (C=O) groups is 1. The van der Waals surface area contributed by atoms with Crippen LogP contribution in [0, 0.1) is 12.3 Å². The van der Waals surface area contributed by atoms with Crippen LogP contribution in [0.3, 0.4) is 0 Å². The molecule has 2 rings (SSSR count). The van der Waals surface area contributed by atoms with E-state index in [-0.39, 0.29) is 11.8 Å². The molecule has 1 aliphatic rings. The number of thiophene rings is 1. The zero-order valence-corrected chi connectivity index (χ0v) is 13.4. The molecule has 2 N–H and O–H groups in total. The summed E-state index contributed by atoms with van der Waals surface area (Å²) >= 11 is 5.04. The lowest BCUT2D eigenvalue weighted by Gasteiger charge is -2.29. The molecule has 1 atom stereocenters. The van der Waals surface area contributed by atoms with Crippen molar-refractivity contribution in [3.8, 4) is 0 Å². The molecule has 0 aromatic carbocycles. The fourth-order valence-corrected chi connectivity index (χ4v) is 4.60. The van der Waals surface area contributed by atoms with Crippen LogP contribution in [0.15, 0.2) is 10.5 Å². The van der Waals surface area contributed by atoms with Crippen molar-refractivity contribution in [2.24, 2.45) is 5.41 Å². The molecule has 1 heterocycles. The summed E-state index contributed by atoms with van der Waals surface area (Å²) in [6.45, 7) is 2.01. The van der Waals surface area contributed by atoms with Crippen LogP contribution in [0.2, 0.25) is 0 Å². The molecule has 19 heavy (non-hydrogen) atoms. The Labute approximate surface area is 125 Å². The van der Waals surface area contributed by atoms with Gasteiger partial charge < -0.3 is 10.2 Å². The Balaban J connectivity index is 2.10.